The molecule has 4 heterocycles. The molecule has 0 atom stereocenters. The summed E-state index contributed by atoms with van der Waals surface area (Å²) in [5, 5.41) is 17.6. The molecule has 7 nitrogen and oxygen atoms in total. The summed E-state index contributed by atoms with van der Waals surface area (Å²) in [5.41, 5.74) is 11.2. The van der Waals surface area contributed by atoms with Crippen LogP contribution in [0, 0.1) is 17.9 Å². The van der Waals surface area contributed by atoms with Crippen molar-refractivity contribution in [1.29, 1.82) is 5.26 Å². The lowest BCUT2D eigenvalue weighted by Gasteiger charge is -2.16. The van der Waals surface area contributed by atoms with E-state index in [1.165, 1.54) is 5.39 Å². The Kier molecular flexibility index (Phi) is 7.52. The first-order chi connectivity index (χ1) is 30.2. The zero-order chi connectivity index (χ0) is 40.6. The fourth-order valence-corrected chi connectivity index (χ4v) is 9.30. The number of fused-ring (bicyclic) bond motifs is 9. The van der Waals surface area contributed by atoms with Crippen LogP contribution in [-0.4, -0.2) is 23.7 Å². The van der Waals surface area contributed by atoms with E-state index in [0.29, 0.717) is 34.2 Å². The molecule has 0 radical (unpaired) electrons. The Bertz CT molecular complexity index is 3790. The molecule has 0 bridgehead atoms. The summed E-state index contributed by atoms with van der Waals surface area (Å²) in [7, 11) is 0. The number of nitriles is 1. The quantitative estimate of drug-likeness (QED) is 0.163. The minimum absolute atomic E-state index is 0.340. The number of rotatable bonds is 5. The maximum atomic E-state index is 10.9. The fourth-order valence-electron chi connectivity index (χ4n) is 9.30. The molecule has 0 aliphatic heterocycles. The van der Waals surface area contributed by atoms with Crippen molar-refractivity contribution < 1.29 is 0 Å². The summed E-state index contributed by atoms with van der Waals surface area (Å²) in [6.07, 6.45) is 0. The van der Waals surface area contributed by atoms with Crippen LogP contribution in [0.5, 0.6) is 0 Å². The molecule has 0 unspecified atom stereocenters. The van der Waals surface area contributed by atoms with Crippen LogP contribution in [0.2, 0.25) is 0 Å². The van der Waals surface area contributed by atoms with Gasteiger partial charge in [0, 0.05) is 43.6 Å². The maximum absolute atomic E-state index is 10.9. The molecule has 0 spiro atoms. The molecule has 8 aromatic carbocycles. The van der Waals surface area contributed by atoms with Crippen molar-refractivity contribution in [1.82, 2.24) is 23.7 Å². The lowest BCUT2D eigenvalue weighted by molar-refractivity contribution is 0.991. The van der Waals surface area contributed by atoms with Gasteiger partial charge in [0.2, 0.25) is 11.6 Å². The number of aromatic nitrogens is 5. The van der Waals surface area contributed by atoms with Gasteiger partial charge in [-0.2, -0.15) is 5.26 Å². The normalized spacial score (nSPS) is 11.6. The van der Waals surface area contributed by atoms with Crippen molar-refractivity contribution in [2.75, 3.05) is 0 Å². The van der Waals surface area contributed by atoms with E-state index in [4.69, 9.17) is 16.5 Å². The standard InChI is InChI=1S/C54H31N7/c1-56-44-30-35(53-43(33-55)52(34-16-4-2-5-17-34)57-54(58-53)61-47-26-14-8-20-37(47)38-21-9-15-27-48(38)61)28-29-49(44)60-46-25-13-11-23-40(46)42-31-41-39-22-10-12-24-45(39)59(50(41)32-51(42)60)36-18-6-3-7-19-36/h2-32H. The van der Waals surface area contributed by atoms with Crippen molar-refractivity contribution in [3.05, 3.63) is 205 Å². The second-order valence-corrected chi connectivity index (χ2v) is 15.2. The molecule has 282 valence electrons. The van der Waals surface area contributed by atoms with Crippen LogP contribution in [0.4, 0.5) is 5.69 Å². The lowest BCUT2D eigenvalue weighted by atomic mass is 10.00. The van der Waals surface area contributed by atoms with Gasteiger partial charge in [-0.3, -0.25) is 4.57 Å². The summed E-state index contributed by atoms with van der Waals surface area (Å²) in [4.78, 5) is 14.5. The number of para-hydroxylation sites is 5. The Morgan fingerprint density at radius 1 is 0.426 bits per heavy atom. The molecular formula is C54H31N7. The molecule has 0 amide bonds. The summed E-state index contributed by atoms with van der Waals surface area (Å²) in [6.45, 7) is 8.63. The lowest BCUT2D eigenvalue weighted by Crippen LogP contribution is -2.07. The van der Waals surface area contributed by atoms with E-state index >= 15 is 0 Å². The predicted octanol–water partition coefficient (Wildman–Crippen LogP) is 13.5. The van der Waals surface area contributed by atoms with Crippen LogP contribution in [0.1, 0.15) is 5.56 Å². The summed E-state index contributed by atoms with van der Waals surface area (Å²) in [6, 6.07) is 66.5. The molecule has 0 aliphatic rings. The van der Waals surface area contributed by atoms with Gasteiger partial charge in [0.25, 0.3) is 0 Å². The van der Waals surface area contributed by atoms with E-state index in [1.54, 1.807) is 0 Å². The Labute approximate surface area is 349 Å². The van der Waals surface area contributed by atoms with Gasteiger partial charge in [-0.05, 0) is 66.2 Å². The van der Waals surface area contributed by atoms with Crippen LogP contribution < -0.4 is 0 Å². The average Bonchev–Trinajstić information content (AvgIpc) is 3.96. The Balaban J connectivity index is 1.12. The average molecular weight is 778 g/mol. The van der Waals surface area contributed by atoms with Gasteiger partial charge in [0.05, 0.1) is 56.7 Å². The van der Waals surface area contributed by atoms with Gasteiger partial charge >= 0.3 is 0 Å². The SMILES string of the molecule is [C-]#[N+]c1cc(-c2nc(-n3c4ccccc4c4ccccc43)nc(-c3ccccc3)c2C#N)ccc1-n1c2ccccc2c2cc3c4ccccc4n(-c4ccccc4)c3cc21. The van der Waals surface area contributed by atoms with Crippen LogP contribution in [-0.2, 0) is 0 Å². The third-order valence-electron chi connectivity index (χ3n) is 11.9. The first kappa shape index (κ1) is 34.3. The highest BCUT2D eigenvalue weighted by atomic mass is 15.2. The molecule has 4 aromatic heterocycles. The van der Waals surface area contributed by atoms with Gasteiger partial charge in [0.1, 0.15) is 11.6 Å². The van der Waals surface area contributed by atoms with Gasteiger partial charge < -0.3 is 9.13 Å². The van der Waals surface area contributed by atoms with Gasteiger partial charge in [-0.15, -0.1) is 0 Å². The van der Waals surface area contributed by atoms with E-state index in [-0.39, 0.29) is 0 Å². The highest BCUT2D eigenvalue weighted by Gasteiger charge is 2.24. The first-order valence-corrected chi connectivity index (χ1v) is 20.1. The number of hydrogen-bond donors (Lipinski definition) is 0. The van der Waals surface area contributed by atoms with Crippen LogP contribution >= 0.6 is 0 Å². The Morgan fingerprint density at radius 3 is 1.48 bits per heavy atom. The number of benzene rings is 8. The molecule has 12 rings (SSSR count). The van der Waals surface area contributed by atoms with Crippen molar-refractivity contribution in [2.24, 2.45) is 0 Å². The van der Waals surface area contributed by atoms with Gasteiger partial charge in [-0.25, -0.2) is 14.8 Å². The van der Waals surface area contributed by atoms with Crippen molar-refractivity contribution in [3.63, 3.8) is 0 Å². The van der Waals surface area contributed by atoms with Gasteiger partial charge in [0.15, 0.2) is 0 Å². The zero-order valence-electron chi connectivity index (χ0n) is 32.5. The topological polar surface area (TPSA) is 68.7 Å². The second-order valence-electron chi connectivity index (χ2n) is 15.2. The van der Waals surface area contributed by atoms with Crippen LogP contribution in [0.3, 0.4) is 0 Å². The second kappa shape index (κ2) is 13.4. The predicted molar refractivity (Wildman–Crippen MR) is 247 cm³/mol. The summed E-state index contributed by atoms with van der Waals surface area (Å²) >= 11 is 0. The highest BCUT2D eigenvalue weighted by molar-refractivity contribution is 6.19. The Morgan fingerprint density at radius 2 is 0.902 bits per heavy atom. The van der Waals surface area contributed by atoms with Crippen molar-refractivity contribution in [2.45, 2.75) is 0 Å². The van der Waals surface area contributed by atoms with Crippen LogP contribution in [0.25, 0.3) is 110 Å². The van der Waals surface area contributed by atoms with E-state index in [1.807, 2.05) is 84.9 Å². The maximum Gasteiger partial charge on any atom is 0.235 e. The molecule has 0 saturated carbocycles. The molecule has 7 heteroatoms. The summed E-state index contributed by atoms with van der Waals surface area (Å²) < 4.78 is 6.60. The molecule has 0 fully saturated rings. The first-order valence-electron chi connectivity index (χ1n) is 20.1. The van der Waals surface area contributed by atoms with E-state index in [0.717, 1.165) is 77.0 Å². The van der Waals surface area contributed by atoms with Crippen LogP contribution in [0.15, 0.2) is 188 Å². The van der Waals surface area contributed by atoms with Gasteiger partial charge in [-0.1, -0.05) is 127 Å². The third-order valence-corrected chi connectivity index (χ3v) is 11.9. The Hall–Kier alpha value is -8.78. The third kappa shape index (κ3) is 5.08. The molecule has 61 heavy (non-hydrogen) atoms. The molecule has 12 aromatic rings. The minimum atomic E-state index is 0.340. The van der Waals surface area contributed by atoms with E-state index < -0.39 is 0 Å². The number of hydrogen-bond acceptors (Lipinski definition) is 3. The smallest absolute Gasteiger partial charge is 0.235 e. The molecule has 0 N–H and O–H groups in total. The largest absolute Gasteiger partial charge is 0.319 e. The zero-order valence-corrected chi connectivity index (χ0v) is 32.5. The van der Waals surface area contributed by atoms with E-state index in [9.17, 15) is 5.26 Å². The van der Waals surface area contributed by atoms with Crippen molar-refractivity contribution >= 4 is 71.1 Å². The van der Waals surface area contributed by atoms with E-state index in [2.05, 4.69) is 128 Å². The minimum Gasteiger partial charge on any atom is -0.319 e. The highest BCUT2D eigenvalue weighted by Crippen LogP contribution is 2.43. The molecule has 0 aliphatic carbocycles. The molecular weight excluding hydrogens is 747 g/mol. The molecule has 0 saturated heterocycles. The van der Waals surface area contributed by atoms with Crippen molar-refractivity contribution in [3.8, 4) is 45.9 Å². The monoisotopic (exact) mass is 777 g/mol. The number of nitrogens with zero attached hydrogens (tertiary/aromatic N) is 7. The fraction of sp³-hybridized carbons (Fsp3) is 0. The summed E-state index contributed by atoms with van der Waals surface area (Å²) in [5.74, 6) is 0.443.